The van der Waals surface area contributed by atoms with E-state index < -0.39 is 0 Å². The summed E-state index contributed by atoms with van der Waals surface area (Å²) in [7, 11) is 0. The van der Waals surface area contributed by atoms with Crippen molar-refractivity contribution in [1.82, 2.24) is 9.97 Å². The quantitative estimate of drug-likeness (QED) is 0.812. The lowest BCUT2D eigenvalue weighted by Gasteiger charge is -2.36. The zero-order chi connectivity index (χ0) is 16.2. The van der Waals surface area contributed by atoms with E-state index in [2.05, 4.69) is 27.1 Å². The summed E-state index contributed by atoms with van der Waals surface area (Å²) >= 11 is 12.4. The summed E-state index contributed by atoms with van der Waals surface area (Å²) in [6.45, 7) is 3.27. The fourth-order valence-corrected chi connectivity index (χ4v) is 3.52. The minimum absolute atomic E-state index is 0.512. The molecule has 0 radical (unpaired) electrons. The molecule has 0 spiro atoms. The van der Waals surface area contributed by atoms with E-state index in [9.17, 15) is 0 Å². The average molecular weight is 351 g/mol. The summed E-state index contributed by atoms with van der Waals surface area (Å²) < 4.78 is 0. The summed E-state index contributed by atoms with van der Waals surface area (Å²) in [5.41, 5.74) is 0.638. The van der Waals surface area contributed by atoms with Crippen LogP contribution < -0.4 is 10.2 Å². The van der Waals surface area contributed by atoms with Crippen LogP contribution in [0, 0.1) is 0 Å². The van der Waals surface area contributed by atoms with Crippen molar-refractivity contribution in [3.05, 3.63) is 40.5 Å². The summed E-state index contributed by atoms with van der Waals surface area (Å²) in [6.07, 6.45) is 6.62. The second-order valence-corrected chi connectivity index (χ2v) is 6.53. The third kappa shape index (κ3) is 3.70. The first kappa shape index (κ1) is 16.3. The number of aromatic nitrogens is 2. The van der Waals surface area contributed by atoms with Crippen molar-refractivity contribution in [3.8, 4) is 0 Å². The van der Waals surface area contributed by atoms with Crippen LogP contribution in [-0.4, -0.2) is 22.6 Å². The van der Waals surface area contributed by atoms with Crippen LogP contribution >= 0.6 is 23.2 Å². The molecule has 1 atom stereocenters. The van der Waals surface area contributed by atoms with Gasteiger partial charge in [-0.25, -0.2) is 4.98 Å². The first-order chi connectivity index (χ1) is 11.2. The largest absolute Gasteiger partial charge is 0.353 e. The summed E-state index contributed by atoms with van der Waals surface area (Å²) in [5, 5.41) is 4.24. The van der Waals surface area contributed by atoms with Gasteiger partial charge in [-0.3, -0.25) is 0 Å². The Morgan fingerprint density at radius 2 is 2.00 bits per heavy atom. The summed E-state index contributed by atoms with van der Waals surface area (Å²) in [6, 6.07) is 7.91. The zero-order valence-corrected chi connectivity index (χ0v) is 14.6. The highest BCUT2D eigenvalue weighted by Gasteiger charge is 2.22. The van der Waals surface area contributed by atoms with E-state index in [-0.39, 0.29) is 0 Å². The van der Waals surface area contributed by atoms with Crippen molar-refractivity contribution in [1.29, 1.82) is 0 Å². The van der Waals surface area contributed by atoms with Gasteiger partial charge in [-0.05, 0) is 43.9 Å². The van der Waals surface area contributed by atoms with Crippen molar-refractivity contribution in [2.45, 2.75) is 38.6 Å². The fourth-order valence-electron chi connectivity index (χ4n) is 3.03. The second kappa shape index (κ2) is 7.37. The van der Waals surface area contributed by atoms with E-state index >= 15 is 0 Å². The van der Waals surface area contributed by atoms with Crippen LogP contribution in [0.2, 0.25) is 10.0 Å². The fraction of sp³-hybridized carbons (Fsp3) is 0.412. The van der Waals surface area contributed by atoms with Gasteiger partial charge in [-0.1, -0.05) is 36.2 Å². The van der Waals surface area contributed by atoms with Crippen LogP contribution in [0.25, 0.3) is 0 Å². The first-order valence-corrected chi connectivity index (χ1v) is 8.75. The predicted octanol–water partition coefficient (Wildman–Crippen LogP) is 5.30. The molecule has 23 heavy (non-hydrogen) atoms. The topological polar surface area (TPSA) is 41.1 Å². The van der Waals surface area contributed by atoms with Crippen LogP contribution in [0.15, 0.2) is 30.5 Å². The third-order valence-electron chi connectivity index (χ3n) is 4.23. The van der Waals surface area contributed by atoms with Gasteiger partial charge in [0.25, 0.3) is 0 Å². The second-order valence-electron chi connectivity index (χ2n) is 5.71. The molecule has 1 aliphatic rings. The standard InChI is InChI=1S/C17H20Cl2N4/c1-2-12-6-3-4-11-23(12)15-9-10-20-17(21-15)22-16-13(18)7-5-8-14(16)19/h5,7-10,12H,2-4,6,11H2,1H3,(H,20,21,22). The molecule has 2 heterocycles. The molecule has 6 heteroatoms. The average Bonchev–Trinajstić information content (AvgIpc) is 2.58. The van der Waals surface area contributed by atoms with E-state index in [0.29, 0.717) is 27.7 Å². The Kier molecular flexibility index (Phi) is 5.23. The Labute approximate surface area is 146 Å². The molecule has 4 nitrogen and oxygen atoms in total. The van der Waals surface area contributed by atoms with E-state index in [1.54, 1.807) is 18.3 Å². The molecular weight excluding hydrogens is 331 g/mol. The van der Waals surface area contributed by atoms with Gasteiger partial charge in [0.1, 0.15) is 5.82 Å². The molecule has 1 saturated heterocycles. The molecule has 1 fully saturated rings. The lowest BCUT2D eigenvalue weighted by atomic mass is 10.0. The Morgan fingerprint density at radius 3 is 2.74 bits per heavy atom. The molecule has 1 aromatic carbocycles. The van der Waals surface area contributed by atoms with Gasteiger partial charge in [0.2, 0.25) is 5.95 Å². The van der Waals surface area contributed by atoms with Gasteiger partial charge in [0.05, 0.1) is 15.7 Å². The van der Waals surface area contributed by atoms with E-state index in [1.165, 1.54) is 19.3 Å². The molecule has 1 unspecified atom stereocenters. The molecule has 122 valence electrons. The molecule has 0 bridgehead atoms. The van der Waals surface area contributed by atoms with Crippen LogP contribution in [-0.2, 0) is 0 Å². The monoisotopic (exact) mass is 350 g/mol. The molecule has 1 aliphatic heterocycles. The number of hydrogen-bond acceptors (Lipinski definition) is 4. The Hall–Kier alpha value is -1.52. The predicted molar refractivity (Wildman–Crippen MR) is 97.1 cm³/mol. The maximum Gasteiger partial charge on any atom is 0.229 e. The van der Waals surface area contributed by atoms with Crippen molar-refractivity contribution < 1.29 is 0 Å². The van der Waals surface area contributed by atoms with Gasteiger partial charge in [0.15, 0.2) is 0 Å². The number of hydrogen-bond donors (Lipinski definition) is 1. The summed E-state index contributed by atoms with van der Waals surface area (Å²) in [4.78, 5) is 11.3. The van der Waals surface area contributed by atoms with Crippen LogP contribution in [0.1, 0.15) is 32.6 Å². The number of nitrogens with one attached hydrogen (secondary N) is 1. The van der Waals surface area contributed by atoms with Crippen LogP contribution in [0.4, 0.5) is 17.5 Å². The molecule has 2 aromatic rings. The number of anilines is 3. The normalized spacial score (nSPS) is 18.0. The number of para-hydroxylation sites is 1. The molecule has 1 N–H and O–H groups in total. The van der Waals surface area contributed by atoms with Crippen molar-refractivity contribution >= 4 is 40.7 Å². The maximum atomic E-state index is 6.20. The molecule has 0 aliphatic carbocycles. The van der Waals surface area contributed by atoms with Crippen molar-refractivity contribution in [2.24, 2.45) is 0 Å². The highest BCUT2D eigenvalue weighted by molar-refractivity contribution is 6.39. The smallest absolute Gasteiger partial charge is 0.229 e. The third-order valence-corrected chi connectivity index (χ3v) is 4.86. The molecule has 0 amide bonds. The highest BCUT2D eigenvalue weighted by atomic mass is 35.5. The van der Waals surface area contributed by atoms with Gasteiger partial charge in [0, 0.05) is 18.8 Å². The number of piperidine rings is 1. The van der Waals surface area contributed by atoms with Gasteiger partial charge in [-0.2, -0.15) is 4.98 Å². The Bertz CT molecular complexity index is 657. The summed E-state index contributed by atoms with van der Waals surface area (Å²) in [5.74, 6) is 1.47. The number of halogens is 2. The highest BCUT2D eigenvalue weighted by Crippen LogP contribution is 2.32. The Morgan fingerprint density at radius 1 is 1.22 bits per heavy atom. The zero-order valence-electron chi connectivity index (χ0n) is 13.1. The SMILES string of the molecule is CCC1CCCCN1c1ccnc(Nc2c(Cl)cccc2Cl)n1. The Balaban J connectivity index is 1.85. The lowest BCUT2D eigenvalue weighted by Crippen LogP contribution is -2.39. The van der Waals surface area contributed by atoms with E-state index in [0.717, 1.165) is 18.8 Å². The number of nitrogens with zero attached hydrogens (tertiary/aromatic N) is 3. The van der Waals surface area contributed by atoms with Gasteiger partial charge in [-0.15, -0.1) is 0 Å². The van der Waals surface area contributed by atoms with Crippen LogP contribution in [0.3, 0.4) is 0 Å². The maximum absolute atomic E-state index is 6.20. The van der Waals surface area contributed by atoms with E-state index in [4.69, 9.17) is 23.2 Å². The molecule has 1 aromatic heterocycles. The molecule has 3 rings (SSSR count). The first-order valence-electron chi connectivity index (χ1n) is 7.99. The molecule has 0 saturated carbocycles. The van der Waals surface area contributed by atoms with Gasteiger partial charge < -0.3 is 10.2 Å². The van der Waals surface area contributed by atoms with Gasteiger partial charge >= 0.3 is 0 Å². The van der Waals surface area contributed by atoms with E-state index in [1.807, 2.05) is 12.1 Å². The van der Waals surface area contributed by atoms with Crippen LogP contribution in [0.5, 0.6) is 0 Å². The van der Waals surface area contributed by atoms with Crippen molar-refractivity contribution in [2.75, 3.05) is 16.8 Å². The van der Waals surface area contributed by atoms with Crippen molar-refractivity contribution in [3.63, 3.8) is 0 Å². The lowest BCUT2D eigenvalue weighted by molar-refractivity contribution is 0.447. The molecular formula is C17H20Cl2N4. The minimum atomic E-state index is 0.512. The number of benzene rings is 1. The minimum Gasteiger partial charge on any atom is -0.353 e. The number of rotatable bonds is 4.